The lowest BCUT2D eigenvalue weighted by Gasteiger charge is -2.18. The SMILES string of the molecule is Cc1ccc(S(=O)(=O)N[C@@H](CC(=O)N/N=C\c2ccc(O)cc2O)c2ccccc2)cc1. The number of aryl methyl sites for hydroxylation is 1. The molecule has 1 atom stereocenters. The maximum absolute atomic E-state index is 12.9. The second-order valence-corrected chi connectivity index (χ2v) is 8.85. The Morgan fingerprint density at radius 3 is 2.38 bits per heavy atom. The standard InChI is InChI=1S/C23H23N3O5S/c1-16-7-11-20(12-8-16)32(30,31)26-21(17-5-3-2-4-6-17)14-23(29)25-24-15-18-9-10-19(27)13-22(18)28/h2-13,15,21,26-28H,14H2,1H3,(H,25,29)/b24-15-/t21-/m0/s1. The van der Waals surface area contributed by atoms with Crippen molar-refractivity contribution in [2.24, 2.45) is 5.10 Å². The third-order valence-electron chi connectivity index (χ3n) is 4.63. The average molecular weight is 454 g/mol. The van der Waals surface area contributed by atoms with E-state index in [4.69, 9.17) is 0 Å². The number of hydrogen-bond donors (Lipinski definition) is 4. The van der Waals surface area contributed by atoms with Crippen LogP contribution in [0.4, 0.5) is 0 Å². The molecule has 0 bridgehead atoms. The molecule has 0 heterocycles. The monoisotopic (exact) mass is 453 g/mol. The van der Waals surface area contributed by atoms with Crippen LogP contribution in [0, 0.1) is 6.92 Å². The highest BCUT2D eigenvalue weighted by Crippen LogP contribution is 2.22. The summed E-state index contributed by atoms with van der Waals surface area (Å²) in [6.07, 6.45) is 1.02. The van der Waals surface area contributed by atoms with Crippen molar-refractivity contribution in [3.63, 3.8) is 0 Å². The van der Waals surface area contributed by atoms with Crippen LogP contribution in [0.25, 0.3) is 0 Å². The summed E-state index contributed by atoms with van der Waals surface area (Å²) in [5.74, 6) is -0.828. The Kier molecular flexibility index (Phi) is 7.24. The van der Waals surface area contributed by atoms with Gasteiger partial charge in [0.2, 0.25) is 15.9 Å². The predicted molar refractivity (Wildman–Crippen MR) is 121 cm³/mol. The Morgan fingerprint density at radius 2 is 1.72 bits per heavy atom. The molecule has 3 aromatic carbocycles. The molecule has 0 saturated heterocycles. The van der Waals surface area contributed by atoms with Crippen LogP contribution in [0.15, 0.2) is 82.8 Å². The van der Waals surface area contributed by atoms with Gasteiger partial charge in [-0.15, -0.1) is 0 Å². The molecule has 0 aliphatic rings. The fourth-order valence-electron chi connectivity index (χ4n) is 2.93. The largest absolute Gasteiger partial charge is 0.508 e. The van der Waals surface area contributed by atoms with Crippen LogP contribution >= 0.6 is 0 Å². The first-order chi connectivity index (χ1) is 15.2. The van der Waals surface area contributed by atoms with E-state index in [0.29, 0.717) is 11.1 Å². The first-order valence-electron chi connectivity index (χ1n) is 9.72. The Morgan fingerprint density at radius 1 is 1.03 bits per heavy atom. The van der Waals surface area contributed by atoms with E-state index in [1.54, 1.807) is 42.5 Å². The van der Waals surface area contributed by atoms with Crippen LogP contribution in [0.2, 0.25) is 0 Å². The van der Waals surface area contributed by atoms with Gasteiger partial charge in [-0.25, -0.2) is 18.6 Å². The van der Waals surface area contributed by atoms with Crippen molar-refractivity contribution in [2.75, 3.05) is 0 Å². The number of carbonyl (C=O) groups excluding carboxylic acids is 1. The van der Waals surface area contributed by atoms with E-state index >= 15 is 0 Å². The van der Waals surface area contributed by atoms with Crippen molar-refractivity contribution in [3.05, 3.63) is 89.5 Å². The molecule has 0 fully saturated rings. The number of hydrazone groups is 1. The van der Waals surface area contributed by atoms with E-state index in [0.717, 1.165) is 11.6 Å². The number of rotatable bonds is 8. The fraction of sp³-hybridized carbons (Fsp3) is 0.130. The molecule has 8 nitrogen and oxygen atoms in total. The van der Waals surface area contributed by atoms with Gasteiger partial charge in [0, 0.05) is 18.1 Å². The van der Waals surface area contributed by atoms with E-state index in [1.807, 2.05) is 6.92 Å². The highest BCUT2D eigenvalue weighted by Gasteiger charge is 2.23. The molecule has 3 rings (SSSR count). The van der Waals surface area contributed by atoms with E-state index < -0.39 is 22.0 Å². The van der Waals surface area contributed by atoms with Gasteiger partial charge in [0.15, 0.2) is 0 Å². The number of phenols is 2. The van der Waals surface area contributed by atoms with Gasteiger partial charge in [0.25, 0.3) is 0 Å². The molecule has 9 heteroatoms. The van der Waals surface area contributed by atoms with Crippen LogP contribution in [0.1, 0.15) is 29.2 Å². The molecule has 166 valence electrons. The molecule has 0 aromatic heterocycles. The van der Waals surface area contributed by atoms with Crippen LogP contribution in [-0.2, 0) is 14.8 Å². The van der Waals surface area contributed by atoms with Crippen molar-refractivity contribution >= 4 is 22.1 Å². The zero-order valence-corrected chi connectivity index (χ0v) is 18.1. The number of nitrogens with one attached hydrogen (secondary N) is 2. The lowest BCUT2D eigenvalue weighted by Crippen LogP contribution is -2.32. The summed E-state index contributed by atoms with van der Waals surface area (Å²) in [6.45, 7) is 1.86. The van der Waals surface area contributed by atoms with Crippen LogP contribution in [-0.4, -0.2) is 30.8 Å². The molecule has 3 aromatic rings. The Labute approximate surface area is 186 Å². The zero-order chi connectivity index (χ0) is 23.1. The summed E-state index contributed by atoms with van der Waals surface area (Å²) in [7, 11) is -3.87. The Hall–Kier alpha value is -3.69. The minimum absolute atomic E-state index is 0.102. The molecular formula is C23H23N3O5S. The fourth-order valence-corrected chi connectivity index (χ4v) is 4.16. The average Bonchev–Trinajstić information content (AvgIpc) is 2.75. The summed E-state index contributed by atoms with van der Waals surface area (Å²) >= 11 is 0. The number of aromatic hydroxyl groups is 2. The van der Waals surface area contributed by atoms with Gasteiger partial charge in [0.1, 0.15) is 11.5 Å². The molecule has 0 aliphatic carbocycles. The van der Waals surface area contributed by atoms with Gasteiger partial charge in [-0.3, -0.25) is 4.79 Å². The van der Waals surface area contributed by atoms with Crippen molar-refractivity contribution in [1.82, 2.24) is 10.1 Å². The third-order valence-corrected chi connectivity index (χ3v) is 6.11. The number of carbonyl (C=O) groups is 1. The molecule has 0 radical (unpaired) electrons. The lowest BCUT2D eigenvalue weighted by molar-refractivity contribution is -0.121. The molecule has 0 saturated carbocycles. The summed E-state index contributed by atoms with van der Waals surface area (Å²) < 4.78 is 28.3. The second kappa shape index (κ2) is 10.1. The van der Waals surface area contributed by atoms with Gasteiger partial charge in [0.05, 0.1) is 17.2 Å². The van der Waals surface area contributed by atoms with E-state index in [1.165, 1.54) is 30.5 Å². The number of benzene rings is 3. The minimum Gasteiger partial charge on any atom is -0.508 e. The quantitative estimate of drug-likeness (QED) is 0.308. The lowest BCUT2D eigenvalue weighted by atomic mass is 10.0. The number of sulfonamides is 1. The van der Waals surface area contributed by atoms with Crippen molar-refractivity contribution in [1.29, 1.82) is 0 Å². The van der Waals surface area contributed by atoms with Gasteiger partial charge in [-0.2, -0.15) is 5.10 Å². The van der Waals surface area contributed by atoms with Crippen molar-refractivity contribution in [3.8, 4) is 11.5 Å². The van der Waals surface area contributed by atoms with Crippen LogP contribution in [0.3, 0.4) is 0 Å². The van der Waals surface area contributed by atoms with Gasteiger partial charge in [-0.05, 0) is 36.8 Å². The first-order valence-corrected chi connectivity index (χ1v) is 11.2. The van der Waals surface area contributed by atoms with Crippen LogP contribution in [0.5, 0.6) is 11.5 Å². The van der Waals surface area contributed by atoms with Crippen molar-refractivity contribution in [2.45, 2.75) is 24.3 Å². The maximum atomic E-state index is 12.9. The van der Waals surface area contributed by atoms with Gasteiger partial charge in [-0.1, -0.05) is 48.0 Å². The highest BCUT2D eigenvalue weighted by atomic mass is 32.2. The number of amides is 1. The zero-order valence-electron chi connectivity index (χ0n) is 17.3. The van der Waals surface area contributed by atoms with Gasteiger partial charge >= 0.3 is 0 Å². The van der Waals surface area contributed by atoms with Crippen molar-refractivity contribution < 1.29 is 23.4 Å². The molecule has 0 aliphatic heterocycles. The summed E-state index contributed by atoms with van der Waals surface area (Å²) in [5, 5.41) is 22.9. The number of hydrogen-bond acceptors (Lipinski definition) is 6. The van der Waals surface area contributed by atoms with Crippen LogP contribution < -0.4 is 10.1 Å². The highest BCUT2D eigenvalue weighted by molar-refractivity contribution is 7.89. The molecule has 0 spiro atoms. The predicted octanol–water partition coefficient (Wildman–Crippen LogP) is 2.97. The summed E-state index contributed by atoms with van der Waals surface area (Å²) in [5.41, 5.74) is 4.18. The molecular weight excluding hydrogens is 430 g/mol. The van der Waals surface area contributed by atoms with E-state index in [9.17, 15) is 23.4 Å². The minimum atomic E-state index is -3.87. The normalized spacial score (nSPS) is 12.5. The number of phenolic OH excluding ortho intramolecular Hbond substituents is 2. The Balaban J connectivity index is 1.74. The van der Waals surface area contributed by atoms with E-state index in [-0.39, 0.29) is 22.8 Å². The number of nitrogens with zero attached hydrogens (tertiary/aromatic N) is 1. The van der Waals surface area contributed by atoms with Gasteiger partial charge < -0.3 is 10.2 Å². The maximum Gasteiger partial charge on any atom is 0.242 e. The molecule has 32 heavy (non-hydrogen) atoms. The smallest absolute Gasteiger partial charge is 0.242 e. The first kappa shape index (κ1) is 23.0. The Bertz CT molecular complexity index is 1210. The summed E-state index contributed by atoms with van der Waals surface area (Å²) in [6, 6.07) is 18.3. The molecule has 0 unspecified atom stereocenters. The topological polar surface area (TPSA) is 128 Å². The van der Waals surface area contributed by atoms with E-state index in [2.05, 4.69) is 15.2 Å². The summed E-state index contributed by atoms with van der Waals surface area (Å²) in [4.78, 5) is 12.6. The third kappa shape index (κ3) is 6.16. The molecule has 4 N–H and O–H groups in total. The molecule has 1 amide bonds. The second-order valence-electron chi connectivity index (χ2n) is 7.14.